The summed E-state index contributed by atoms with van der Waals surface area (Å²) < 4.78 is 0. The van der Waals surface area contributed by atoms with E-state index in [2.05, 4.69) is 39.6 Å². The zero-order valence-corrected chi connectivity index (χ0v) is 8.52. The largest absolute Gasteiger partial charge is 0.384 e. The van der Waals surface area contributed by atoms with Gasteiger partial charge in [0.25, 0.3) is 0 Å². The maximum absolute atomic E-state index is 3.60. The van der Waals surface area contributed by atoms with Gasteiger partial charge in [-0.25, -0.2) is 0 Å². The summed E-state index contributed by atoms with van der Waals surface area (Å²) in [5.74, 6) is 0. The number of allylic oxidation sites excluding steroid dienone is 5. The molecule has 0 fully saturated rings. The third-order valence-corrected chi connectivity index (χ3v) is 1.17. The second kappa shape index (κ2) is 4.81. The molecule has 0 saturated carbocycles. The quantitative estimate of drug-likeness (QED) is 0.634. The minimum atomic E-state index is 0.141. The van der Waals surface area contributed by atoms with Gasteiger partial charge in [-0.15, -0.1) is 0 Å². The number of hydrogen-bond acceptors (Lipinski definition) is 1. The van der Waals surface area contributed by atoms with E-state index in [1.165, 1.54) is 5.70 Å². The van der Waals surface area contributed by atoms with Crippen molar-refractivity contribution in [2.24, 2.45) is 0 Å². The molecule has 1 nitrogen and oxygen atoms in total. The molecule has 0 atom stereocenters. The third kappa shape index (κ3) is 7.13. The van der Waals surface area contributed by atoms with Crippen LogP contribution >= 0.6 is 0 Å². The van der Waals surface area contributed by atoms with Crippen LogP contribution in [-0.2, 0) is 0 Å². The van der Waals surface area contributed by atoms with E-state index >= 15 is 0 Å². The third-order valence-electron chi connectivity index (χ3n) is 1.17. The Kier molecular flexibility index (Phi) is 4.42. The fourth-order valence-electron chi connectivity index (χ4n) is 0.912. The molecule has 0 spiro atoms. The molecule has 0 radical (unpaired) electrons. The Morgan fingerprint density at radius 1 is 1.25 bits per heavy atom. The predicted molar refractivity (Wildman–Crippen MR) is 56.0 cm³/mol. The summed E-state index contributed by atoms with van der Waals surface area (Å²) in [7, 11) is 0. The van der Waals surface area contributed by atoms with Crippen molar-refractivity contribution in [2.45, 2.75) is 33.2 Å². The van der Waals surface area contributed by atoms with Gasteiger partial charge in [0.05, 0.1) is 0 Å². The maximum Gasteiger partial charge on any atom is 0.0286 e. The van der Waals surface area contributed by atoms with Gasteiger partial charge in [-0.2, -0.15) is 0 Å². The molecule has 1 heteroatoms. The molecule has 0 aromatic rings. The SMILES string of the molecule is C=C/C=C\C=C(/C)NC(C)(C)C. The fourth-order valence-corrected chi connectivity index (χ4v) is 0.912. The molecule has 68 valence electrons. The Morgan fingerprint density at radius 3 is 2.25 bits per heavy atom. The van der Waals surface area contributed by atoms with Gasteiger partial charge >= 0.3 is 0 Å². The van der Waals surface area contributed by atoms with Crippen LogP contribution in [0.5, 0.6) is 0 Å². The summed E-state index contributed by atoms with van der Waals surface area (Å²) in [6.07, 6.45) is 7.68. The van der Waals surface area contributed by atoms with Gasteiger partial charge in [0.1, 0.15) is 0 Å². The molecule has 1 N–H and O–H groups in total. The first kappa shape index (κ1) is 11.0. The highest BCUT2D eigenvalue weighted by molar-refractivity contribution is 5.14. The second-order valence-corrected chi connectivity index (χ2v) is 3.85. The molecule has 0 saturated heterocycles. The smallest absolute Gasteiger partial charge is 0.0286 e. The molecule has 0 aromatic heterocycles. The number of rotatable bonds is 3. The van der Waals surface area contributed by atoms with Crippen LogP contribution in [0, 0.1) is 0 Å². The van der Waals surface area contributed by atoms with Crippen molar-refractivity contribution in [3.63, 3.8) is 0 Å². The molecule has 0 aromatic carbocycles. The van der Waals surface area contributed by atoms with E-state index in [1.807, 2.05) is 18.2 Å². The van der Waals surface area contributed by atoms with E-state index in [0.717, 1.165) is 0 Å². The van der Waals surface area contributed by atoms with E-state index < -0.39 is 0 Å². The standard InChI is InChI=1S/C11H19N/c1-6-7-8-9-10(2)12-11(3,4)5/h6-9,12H,1H2,2-5H3/b8-7-,10-9+. The van der Waals surface area contributed by atoms with E-state index in [4.69, 9.17) is 0 Å². The van der Waals surface area contributed by atoms with Gasteiger partial charge in [0.15, 0.2) is 0 Å². The molecular formula is C11H19N. The van der Waals surface area contributed by atoms with Crippen molar-refractivity contribution in [1.82, 2.24) is 5.32 Å². The highest BCUT2D eigenvalue weighted by Crippen LogP contribution is 2.02. The Hall–Kier alpha value is -0.980. The summed E-state index contributed by atoms with van der Waals surface area (Å²) in [5.41, 5.74) is 1.31. The molecule has 12 heavy (non-hydrogen) atoms. The minimum Gasteiger partial charge on any atom is -0.384 e. The molecule has 0 aliphatic carbocycles. The Labute approximate surface area is 75.9 Å². The maximum atomic E-state index is 3.60. The van der Waals surface area contributed by atoms with Crippen molar-refractivity contribution < 1.29 is 0 Å². The van der Waals surface area contributed by atoms with Gasteiger partial charge < -0.3 is 5.32 Å². The zero-order chi connectivity index (χ0) is 9.61. The van der Waals surface area contributed by atoms with E-state index in [1.54, 1.807) is 6.08 Å². The van der Waals surface area contributed by atoms with Crippen molar-refractivity contribution in [2.75, 3.05) is 0 Å². The van der Waals surface area contributed by atoms with Crippen LogP contribution in [0.2, 0.25) is 0 Å². The molecule has 0 unspecified atom stereocenters. The minimum absolute atomic E-state index is 0.141. The lowest BCUT2D eigenvalue weighted by atomic mass is 10.1. The van der Waals surface area contributed by atoms with Crippen LogP contribution in [-0.4, -0.2) is 5.54 Å². The predicted octanol–water partition coefficient (Wildman–Crippen LogP) is 3.02. The monoisotopic (exact) mass is 165 g/mol. The van der Waals surface area contributed by atoms with E-state index in [9.17, 15) is 0 Å². The molecule has 0 aliphatic rings. The van der Waals surface area contributed by atoms with Crippen LogP contribution < -0.4 is 5.32 Å². The topological polar surface area (TPSA) is 12.0 Å². The number of nitrogens with one attached hydrogen (secondary N) is 1. The van der Waals surface area contributed by atoms with Crippen LogP contribution in [0.1, 0.15) is 27.7 Å². The average molecular weight is 165 g/mol. The van der Waals surface area contributed by atoms with Crippen molar-refractivity contribution in [3.05, 3.63) is 36.6 Å². The highest BCUT2D eigenvalue weighted by atomic mass is 14.9. The van der Waals surface area contributed by atoms with Crippen LogP contribution in [0.15, 0.2) is 36.6 Å². The molecule has 0 rings (SSSR count). The summed E-state index contributed by atoms with van der Waals surface area (Å²) >= 11 is 0. The lowest BCUT2D eigenvalue weighted by Crippen LogP contribution is -2.34. The average Bonchev–Trinajstić information content (AvgIpc) is 1.84. The lowest BCUT2D eigenvalue weighted by Gasteiger charge is -2.22. The fraction of sp³-hybridized carbons (Fsp3) is 0.455. The normalized spacial score (nSPS) is 13.5. The van der Waals surface area contributed by atoms with Crippen molar-refractivity contribution in [3.8, 4) is 0 Å². The summed E-state index contributed by atoms with van der Waals surface area (Å²) in [4.78, 5) is 0. The number of hydrogen-bond donors (Lipinski definition) is 1. The van der Waals surface area contributed by atoms with E-state index in [0.29, 0.717) is 0 Å². The van der Waals surface area contributed by atoms with Crippen LogP contribution in [0.4, 0.5) is 0 Å². The van der Waals surface area contributed by atoms with Crippen LogP contribution in [0.3, 0.4) is 0 Å². The summed E-state index contributed by atoms with van der Waals surface area (Å²) in [5, 5.41) is 3.35. The zero-order valence-electron chi connectivity index (χ0n) is 8.52. The summed E-state index contributed by atoms with van der Waals surface area (Å²) in [6.45, 7) is 12.1. The first-order valence-electron chi connectivity index (χ1n) is 4.20. The second-order valence-electron chi connectivity index (χ2n) is 3.85. The first-order chi connectivity index (χ1) is 5.45. The molecule has 0 aliphatic heterocycles. The van der Waals surface area contributed by atoms with E-state index in [-0.39, 0.29) is 5.54 Å². The Morgan fingerprint density at radius 2 is 1.83 bits per heavy atom. The summed E-state index contributed by atoms with van der Waals surface area (Å²) in [6, 6.07) is 0. The van der Waals surface area contributed by atoms with Gasteiger partial charge in [-0.1, -0.05) is 24.8 Å². The van der Waals surface area contributed by atoms with Crippen molar-refractivity contribution in [1.29, 1.82) is 0 Å². The van der Waals surface area contributed by atoms with Gasteiger partial charge in [-0.05, 0) is 33.8 Å². The molecule has 0 heterocycles. The van der Waals surface area contributed by atoms with Gasteiger partial charge in [-0.3, -0.25) is 0 Å². The van der Waals surface area contributed by atoms with Gasteiger partial charge in [0, 0.05) is 11.2 Å². The van der Waals surface area contributed by atoms with Gasteiger partial charge in [0.2, 0.25) is 0 Å². The lowest BCUT2D eigenvalue weighted by molar-refractivity contribution is 0.473. The molecule has 0 bridgehead atoms. The highest BCUT2D eigenvalue weighted by Gasteiger charge is 2.07. The Bertz CT molecular complexity index is 192. The molecule has 0 amide bonds. The molecular weight excluding hydrogens is 146 g/mol. The Balaban J connectivity index is 4.03. The first-order valence-corrected chi connectivity index (χ1v) is 4.20. The van der Waals surface area contributed by atoms with Crippen LogP contribution in [0.25, 0.3) is 0 Å². The van der Waals surface area contributed by atoms with Crippen molar-refractivity contribution >= 4 is 0 Å².